The van der Waals surface area contributed by atoms with E-state index in [1.165, 1.54) is 55.6 Å². The average Bonchev–Trinajstić information content (AvgIpc) is 3.24. The molecule has 1 aliphatic rings. The highest BCUT2D eigenvalue weighted by molar-refractivity contribution is 6.14. The van der Waals surface area contributed by atoms with Crippen LogP contribution in [0.25, 0.3) is 44.3 Å². The molecule has 0 unspecified atom stereocenters. The number of hydrogen-bond donors (Lipinski definition) is 0. The summed E-state index contributed by atoms with van der Waals surface area (Å²) in [6.07, 6.45) is 6.09. The first-order chi connectivity index (χ1) is 15.3. The van der Waals surface area contributed by atoms with Crippen LogP contribution in [0.3, 0.4) is 0 Å². The van der Waals surface area contributed by atoms with Crippen LogP contribution in [0.4, 0.5) is 0 Å². The fraction of sp³-hybridized carbons (Fsp3) is 0.241. The molecular formula is C29H27N2O+. The van der Waals surface area contributed by atoms with Gasteiger partial charge in [0.05, 0.1) is 5.56 Å². The van der Waals surface area contributed by atoms with Gasteiger partial charge in [0.2, 0.25) is 5.69 Å². The van der Waals surface area contributed by atoms with Crippen LogP contribution in [0, 0.1) is 20.8 Å². The molecule has 1 aliphatic carbocycles. The van der Waals surface area contributed by atoms with Crippen molar-refractivity contribution >= 4 is 21.9 Å². The Morgan fingerprint density at radius 3 is 2.31 bits per heavy atom. The van der Waals surface area contributed by atoms with E-state index >= 15 is 0 Å². The van der Waals surface area contributed by atoms with Crippen LogP contribution < -0.4 is 4.57 Å². The van der Waals surface area contributed by atoms with Gasteiger partial charge in [-0.2, -0.15) is 0 Å². The Kier molecular flexibility index (Phi) is 3.78. The minimum atomic E-state index is -0.0694. The molecule has 3 heterocycles. The van der Waals surface area contributed by atoms with Gasteiger partial charge < -0.3 is 4.42 Å². The molecule has 0 bridgehead atoms. The number of benzene rings is 2. The Morgan fingerprint density at radius 1 is 0.812 bits per heavy atom. The highest BCUT2D eigenvalue weighted by Gasteiger charge is 2.38. The average molecular weight is 420 g/mol. The van der Waals surface area contributed by atoms with Crippen molar-refractivity contribution in [1.82, 2.24) is 4.98 Å². The Morgan fingerprint density at radius 2 is 1.53 bits per heavy atom. The van der Waals surface area contributed by atoms with E-state index in [1.54, 1.807) is 0 Å². The molecular weight excluding hydrogens is 392 g/mol. The maximum atomic E-state index is 6.80. The maximum absolute atomic E-state index is 6.80. The van der Waals surface area contributed by atoms with Crippen molar-refractivity contribution in [2.75, 3.05) is 0 Å². The highest BCUT2D eigenvalue weighted by atomic mass is 16.3. The van der Waals surface area contributed by atoms with Gasteiger partial charge in [0, 0.05) is 51.3 Å². The van der Waals surface area contributed by atoms with Crippen LogP contribution in [-0.2, 0) is 12.5 Å². The molecule has 0 atom stereocenters. The summed E-state index contributed by atoms with van der Waals surface area (Å²) in [7, 11) is 2.12. The zero-order valence-corrected chi connectivity index (χ0v) is 19.5. The van der Waals surface area contributed by atoms with Gasteiger partial charge in [0.25, 0.3) is 0 Å². The molecule has 5 aromatic rings. The largest absolute Gasteiger partial charge is 0.454 e. The Labute approximate surface area is 188 Å². The molecule has 3 heteroatoms. The predicted octanol–water partition coefficient (Wildman–Crippen LogP) is 6.70. The summed E-state index contributed by atoms with van der Waals surface area (Å²) in [5, 5.41) is 2.33. The maximum Gasteiger partial charge on any atom is 0.216 e. The Bertz CT molecular complexity index is 1590. The third-order valence-electron chi connectivity index (χ3n) is 7.45. The highest BCUT2D eigenvalue weighted by Crippen LogP contribution is 2.52. The van der Waals surface area contributed by atoms with E-state index in [4.69, 9.17) is 4.42 Å². The lowest BCUT2D eigenvalue weighted by molar-refractivity contribution is -0.660. The molecule has 0 fully saturated rings. The van der Waals surface area contributed by atoms with Gasteiger partial charge in [0.15, 0.2) is 6.20 Å². The number of aryl methyl sites for hydroxylation is 4. The van der Waals surface area contributed by atoms with Crippen molar-refractivity contribution in [3.63, 3.8) is 0 Å². The molecule has 32 heavy (non-hydrogen) atoms. The number of furan rings is 1. The molecule has 0 spiro atoms. The van der Waals surface area contributed by atoms with E-state index in [0.717, 1.165) is 16.6 Å². The van der Waals surface area contributed by atoms with Gasteiger partial charge >= 0.3 is 0 Å². The van der Waals surface area contributed by atoms with Gasteiger partial charge in [-0.15, -0.1) is 0 Å². The van der Waals surface area contributed by atoms with Crippen LogP contribution >= 0.6 is 0 Å². The second-order valence-electron chi connectivity index (χ2n) is 9.78. The summed E-state index contributed by atoms with van der Waals surface area (Å²) in [4.78, 5) is 4.45. The molecule has 0 saturated carbocycles. The van der Waals surface area contributed by atoms with E-state index in [-0.39, 0.29) is 5.41 Å². The Hall–Kier alpha value is -3.46. The first kappa shape index (κ1) is 19.2. The molecule has 3 nitrogen and oxygen atoms in total. The van der Waals surface area contributed by atoms with Gasteiger partial charge in [0.1, 0.15) is 18.2 Å². The fourth-order valence-electron chi connectivity index (χ4n) is 5.52. The molecule has 0 saturated heterocycles. The standard InChI is InChI=1S/C29H27N2O/c1-16-7-8-19-20-9-10-23-26(21-14-30-12-11-22(21)29(23,4)5)28(20)32-27(19)25(16)24-13-17(2)18(3)15-31(24)6/h7-15H,1-6H3/q+1. The monoisotopic (exact) mass is 419 g/mol. The number of rotatable bonds is 1. The number of hydrogen-bond acceptors (Lipinski definition) is 2. The first-order valence-corrected chi connectivity index (χ1v) is 11.2. The summed E-state index contributed by atoms with van der Waals surface area (Å²) < 4.78 is 9.01. The minimum Gasteiger partial charge on any atom is -0.454 e. The number of aromatic nitrogens is 2. The summed E-state index contributed by atoms with van der Waals surface area (Å²) in [6, 6.07) is 13.4. The van der Waals surface area contributed by atoms with Crippen LogP contribution in [0.2, 0.25) is 0 Å². The van der Waals surface area contributed by atoms with E-state index in [2.05, 4.69) is 93.8 Å². The Balaban J connectivity index is 1.75. The number of nitrogens with zero attached hydrogens (tertiary/aromatic N) is 2. The normalized spacial score (nSPS) is 14.2. The zero-order valence-electron chi connectivity index (χ0n) is 19.5. The van der Waals surface area contributed by atoms with Crippen molar-refractivity contribution in [2.45, 2.75) is 40.0 Å². The van der Waals surface area contributed by atoms with Crippen molar-refractivity contribution in [1.29, 1.82) is 0 Å². The van der Waals surface area contributed by atoms with Gasteiger partial charge in [-0.05, 0) is 49.1 Å². The summed E-state index contributed by atoms with van der Waals surface area (Å²) in [6.45, 7) is 11.1. The first-order valence-electron chi connectivity index (χ1n) is 11.2. The van der Waals surface area contributed by atoms with Crippen molar-refractivity contribution in [3.8, 4) is 22.4 Å². The van der Waals surface area contributed by atoms with Crippen molar-refractivity contribution < 1.29 is 8.98 Å². The quantitative estimate of drug-likeness (QED) is 0.283. The van der Waals surface area contributed by atoms with Gasteiger partial charge in [-0.1, -0.05) is 38.1 Å². The van der Waals surface area contributed by atoms with Gasteiger partial charge in [-0.3, -0.25) is 4.98 Å². The summed E-state index contributed by atoms with van der Waals surface area (Å²) in [5.74, 6) is 0. The van der Waals surface area contributed by atoms with Crippen molar-refractivity contribution in [2.24, 2.45) is 7.05 Å². The topological polar surface area (TPSA) is 29.9 Å². The summed E-state index contributed by atoms with van der Waals surface area (Å²) in [5.41, 5.74) is 13.0. The molecule has 158 valence electrons. The van der Waals surface area contributed by atoms with E-state index < -0.39 is 0 Å². The van der Waals surface area contributed by atoms with Crippen LogP contribution in [0.15, 0.2) is 59.4 Å². The lowest BCUT2D eigenvalue weighted by Crippen LogP contribution is -2.31. The third kappa shape index (κ3) is 2.37. The molecule has 6 rings (SSSR count). The molecule has 2 aromatic carbocycles. The van der Waals surface area contributed by atoms with Crippen molar-refractivity contribution in [3.05, 3.63) is 82.8 Å². The lowest BCUT2D eigenvalue weighted by atomic mass is 9.82. The molecule has 0 amide bonds. The minimum absolute atomic E-state index is 0.0694. The lowest BCUT2D eigenvalue weighted by Gasteiger charge is -2.20. The zero-order chi connectivity index (χ0) is 22.4. The van der Waals surface area contributed by atoms with E-state index in [0.29, 0.717) is 0 Å². The second kappa shape index (κ2) is 6.29. The number of fused-ring (bicyclic) bond motifs is 7. The molecule has 3 aromatic heterocycles. The van der Waals surface area contributed by atoms with Gasteiger partial charge in [-0.25, -0.2) is 4.57 Å². The predicted molar refractivity (Wildman–Crippen MR) is 130 cm³/mol. The smallest absolute Gasteiger partial charge is 0.216 e. The molecule has 0 N–H and O–H groups in total. The fourth-order valence-corrected chi connectivity index (χ4v) is 5.52. The third-order valence-corrected chi connectivity index (χ3v) is 7.45. The van der Waals surface area contributed by atoms with Crippen LogP contribution in [0.1, 0.15) is 41.7 Å². The van der Waals surface area contributed by atoms with E-state index in [9.17, 15) is 0 Å². The summed E-state index contributed by atoms with van der Waals surface area (Å²) >= 11 is 0. The SMILES string of the molecule is Cc1cc(-c2c(C)ccc3c2oc2c4c(ccc23)C(C)(C)c2ccncc2-4)[n+](C)cc1C. The second-order valence-corrected chi connectivity index (χ2v) is 9.78. The number of pyridine rings is 2. The van der Waals surface area contributed by atoms with E-state index in [1.807, 2.05) is 12.4 Å². The van der Waals surface area contributed by atoms with Crippen LogP contribution in [-0.4, -0.2) is 4.98 Å². The van der Waals surface area contributed by atoms with Crippen LogP contribution in [0.5, 0.6) is 0 Å². The molecule has 0 aliphatic heterocycles. The molecule has 0 radical (unpaired) electrons.